The Morgan fingerprint density at radius 3 is 2.22 bits per heavy atom. The van der Waals surface area contributed by atoms with Crippen molar-refractivity contribution in [3.05, 3.63) is 30.3 Å². The van der Waals surface area contributed by atoms with E-state index in [0.29, 0.717) is 31.6 Å². The molecule has 1 aromatic rings. The largest absolute Gasteiger partial charge is 0.332 e. The van der Waals surface area contributed by atoms with Crippen LogP contribution in [-0.4, -0.2) is 61.5 Å². The van der Waals surface area contributed by atoms with Gasteiger partial charge in [0.25, 0.3) is 5.91 Å². The van der Waals surface area contributed by atoms with Crippen molar-refractivity contribution < 1.29 is 18.0 Å². The summed E-state index contributed by atoms with van der Waals surface area (Å²) >= 11 is 0. The number of carbonyl (C=O) groups excluding carboxylic acids is 2. The van der Waals surface area contributed by atoms with E-state index < -0.39 is 10.0 Å². The second-order valence-corrected chi connectivity index (χ2v) is 7.85. The van der Waals surface area contributed by atoms with Crippen LogP contribution >= 0.6 is 0 Å². The lowest BCUT2D eigenvalue weighted by atomic mass is 10.1. The summed E-state index contributed by atoms with van der Waals surface area (Å²) in [6, 6.07) is 8.42. The topological polar surface area (TPSA) is 78.0 Å². The number of urea groups is 1. The smallest absolute Gasteiger partial charge is 0.312 e. The lowest BCUT2D eigenvalue weighted by Gasteiger charge is -2.34. The summed E-state index contributed by atoms with van der Waals surface area (Å²) in [4.78, 5) is 27.6. The van der Waals surface area contributed by atoms with Gasteiger partial charge in [0, 0.05) is 19.1 Å². The number of hydrogen-bond donors (Lipinski definition) is 0. The van der Waals surface area contributed by atoms with Crippen LogP contribution in [0.5, 0.6) is 0 Å². The summed E-state index contributed by atoms with van der Waals surface area (Å²) in [6.45, 7) is 0.816. The zero-order valence-corrected chi connectivity index (χ0v) is 13.7. The number of para-hydroxylation sites is 1. The Balaban J connectivity index is 1.71. The third-order valence-corrected chi connectivity index (χ3v) is 5.64. The molecule has 0 atom stereocenters. The van der Waals surface area contributed by atoms with Crippen molar-refractivity contribution in [2.24, 2.45) is 0 Å². The molecular formula is C15H19N3O4S. The average molecular weight is 337 g/mol. The third kappa shape index (κ3) is 3.09. The van der Waals surface area contributed by atoms with E-state index in [0.717, 1.165) is 0 Å². The van der Waals surface area contributed by atoms with Gasteiger partial charge in [-0.25, -0.2) is 22.4 Å². The van der Waals surface area contributed by atoms with Crippen LogP contribution in [-0.2, 0) is 14.8 Å². The van der Waals surface area contributed by atoms with Gasteiger partial charge in [-0.05, 0) is 25.0 Å². The predicted molar refractivity (Wildman–Crippen MR) is 85.5 cm³/mol. The minimum Gasteiger partial charge on any atom is -0.312 e. The van der Waals surface area contributed by atoms with Gasteiger partial charge in [0.15, 0.2) is 0 Å². The molecule has 0 N–H and O–H groups in total. The van der Waals surface area contributed by atoms with Crippen LogP contribution < -0.4 is 4.90 Å². The van der Waals surface area contributed by atoms with E-state index in [1.807, 2.05) is 6.07 Å². The molecular weight excluding hydrogens is 318 g/mol. The molecule has 0 aliphatic carbocycles. The maximum absolute atomic E-state index is 12.6. The van der Waals surface area contributed by atoms with Crippen molar-refractivity contribution in [3.8, 4) is 0 Å². The van der Waals surface area contributed by atoms with Crippen LogP contribution in [0.15, 0.2) is 30.3 Å². The van der Waals surface area contributed by atoms with E-state index in [-0.39, 0.29) is 24.5 Å². The van der Waals surface area contributed by atoms with Crippen molar-refractivity contribution >= 4 is 27.6 Å². The normalized spacial score (nSPS) is 21.3. The molecule has 124 valence electrons. The predicted octanol–water partition coefficient (Wildman–Crippen LogP) is 0.879. The first kappa shape index (κ1) is 15.9. The monoisotopic (exact) mass is 337 g/mol. The number of sulfonamides is 1. The van der Waals surface area contributed by atoms with E-state index in [9.17, 15) is 18.0 Å². The highest BCUT2D eigenvalue weighted by atomic mass is 32.2. The van der Waals surface area contributed by atoms with Gasteiger partial charge in [0.1, 0.15) is 6.54 Å². The number of piperidine rings is 1. The van der Waals surface area contributed by atoms with Crippen LogP contribution in [0, 0.1) is 0 Å². The molecule has 0 bridgehead atoms. The van der Waals surface area contributed by atoms with Gasteiger partial charge in [-0.3, -0.25) is 4.79 Å². The minimum absolute atomic E-state index is 0.0528. The highest BCUT2D eigenvalue weighted by molar-refractivity contribution is 7.88. The molecule has 3 amide bonds. The zero-order valence-electron chi connectivity index (χ0n) is 12.9. The summed E-state index contributed by atoms with van der Waals surface area (Å²) in [6.07, 6.45) is 2.29. The summed E-state index contributed by atoms with van der Waals surface area (Å²) in [5, 5.41) is 0. The highest BCUT2D eigenvalue weighted by Gasteiger charge is 2.42. The van der Waals surface area contributed by atoms with Gasteiger partial charge >= 0.3 is 6.03 Å². The third-order valence-electron chi connectivity index (χ3n) is 4.34. The van der Waals surface area contributed by atoms with Crippen LogP contribution in [0.3, 0.4) is 0 Å². The van der Waals surface area contributed by atoms with Gasteiger partial charge in [-0.15, -0.1) is 0 Å². The SMILES string of the molecule is CS(=O)(=O)N1CCC(N2CC(=O)N(c3ccccc3)C2=O)CC1. The van der Waals surface area contributed by atoms with E-state index >= 15 is 0 Å². The fraction of sp³-hybridized carbons (Fsp3) is 0.467. The highest BCUT2D eigenvalue weighted by Crippen LogP contribution is 2.26. The van der Waals surface area contributed by atoms with Crippen LogP contribution in [0.1, 0.15) is 12.8 Å². The summed E-state index contributed by atoms with van der Waals surface area (Å²) in [7, 11) is -3.20. The van der Waals surface area contributed by atoms with Gasteiger partial charge in [-0.2, -0.15) is 0 Å². The van der Waals surface area contributed by atoms with Crippen molar-refractivity contribution in [1.29, 1.82) is 0 Å². The molecule has 3 rings (SSSR count). The molecule has 2 aliphatic heterocycles. The number of carbonyl (C=O) groups is 2. The zero-order chi connectivity index (χ0) is 16.6. The first-order valence-corrected chi connectivity index (χ1v) is 9.36. The van der Waals surface area contributed by atoms with E-state index in [2.05, 4.69) is 0 Å². The minimum atomic E-state index is -3.20. The molecule has 23 heavy (non-hydrogen) atoms. The first-order valence-electron chi connectivity index (χ1n) is 7.51. The van der Waals surface area contributed by atoms with Crippen molar-refractivity contribution in [2.75, 3.05) is 30.8 Å². The molecule has 0 saturated carbocycles. The quantitative estimate of drug-likeness (QED) is 0.767. The standard InChI is InChI=1S/C15H19N3O4S/c1-23(21,22)16-9-7-12(8-10-16)17-11-14(19)18(15(17)20)13-5-3-2-4-6-13/h2-6,12H,7-11H2,1H3. The number of rotatable bonds is 3. The lowest BCUT2D eigenvalue weighted by Crippen LogP contribution is -2.47. The number of imide groups is 1. The first-order chi connectivity index (χ1) is 10.9. The Morgan fingerprint density at radius 2 is 1.65 bits per heavy atom. The molecule has 0 radical (unpaired) electrons. The van der Waals surface area contributed by atoms with Gasteiger partial charge < -0.3 is 4.90 Å². The van der Waals surface area contributed by atoms with E-state index in [4.69, 9.17) is 0 Å². The van der Waals surface area contributed by atoms with Gasteiger partial charge in [-0.1, -0.05) is 18.2 Å². The second-order valence-electron chi connectivity index (χ2n) is 5.87. The summed E-state index contributed by atoms with van der Waals surface area (Å²) < 4.78 is 24.5. The number of hydrogen-bond acceptors (Lipinski definition) is 4. The van der Waals surface area contributed by atoms with Gasteiger partial charge in [0.2, 0.25) is 10.0 Å². The molecule has 1 aromatic carbocycles. The maximum atomic E-state index is 12.6. The molecule has 2 saturated heterocycles. The van der Waals surface area contributed by atoms with Crippen molar-refractivity contribution in [3.63, 3.8) is 0 Å². The number of anilines is 1. The number of amides is 3. The Hall–Kier alpha value is -1.93. The molecule has 2 aliphatic rings. The molecule has 0 spiro atoms. The Labute approximate surface area is 135 Å². The Morgan fingerprint density at radius 1 is 1.04 bits per heavy atom. The number of benzene rings is 1. The molecule has 0 aromatic heterocycles. The van der Waals surface area contributed by atoms with Crippen LogP contribution in [0.4, 0.5) is 10.5 Å². The average Bonchev–Trinajstić information content (AvgIpc) is 2.82. The Bertz CT molecular complexity index is 711. The maximum Gasteiger partial charge on any atom is 0.332 e. The second kappa shape index (κ2) is 5.93. The van der Waals surface area contributed by atoms with Gasteiger partial charge in [0.05, 0.1) is 11.9 Å². The molecule has 0 unspecified atom stereocenters. The molecule has 8 heteroatoms. The fourth-order valence-electron chi connectivity index (χ4n) is 3.12. The summed E-state index contributed by atoms with van der Waals surface area (Å²) in [5.74, 6) is -0.244. The van der Waals surface area contributed by atoms with Crippen LogP contribution in [0.2, 0.25) is 0 Å². The molecule has 7 nitrogen and oxygen atoms in total. The fourth-order valence-corrected chi connectivity index (χ4v) is 4.00. The number of nitrogens with zero attached hydrogens (tertiary/aromatic N) is 3. The van der Waals surface area contributed by atoms with Crippen LogP contribution in [0.25, 0.3) is 0 Å². The van der Waals surface area contributed by atoms with Crippen molar-refractivity contribution in [2.45, 2.75) is 18.9 Å². The van der Waals surface area contributed by atoms with E-state index in [1.54, 1.807) is 29.2 Å². The lowest BCUT2D eigenvalue weighted by molar-refractivity contribution is -0.116. The summed E-state index contributed by atoms with van der Waals surface area (Å²) in [5.41, 5.74) is 0.568. The Kier molecular flexibility index (Phi) is 4.11. The van der Waals surface area contributed by atoms with E-state index in [1.165, 1.54) is 15.5 Å². The molecule has 2 heterocycles. The molecule has 2 fully saturated rings. The van der Waals surface area contributed by atoms with Crippen molar-refractivity contribution in [1.82, 2.24) is 9.21 Å².